The number of aliphatic carboxylic acids is 1. The van der Waals surface area contributed by atoms with E-state index in [0.29, 0.717) is 38.8 Å². The quantitative estimate of drug-likeness (QED) is 0.188. The fraction of sp³-hybridized carbons (Fsp3) is 0.154. The number of hydrogen-bond donors (Lipinski definition) is 3. The van der Waals surface area contributed by atoms with Gasteiger partial charge in [0, 0.05) is 26.3 Å². The predicted molar refractivity (Wildman–Crippen MR) is 147 cm³/mol. The number of allylic oxidation sites excluding steroid dienone is 1. The van der Waals surface area contributed by atoms with Gasteiger partial charge in [0.1, 0.15) is 17.6 Å². The number of halogens is 3. The molecule has 0 aromatic heterocycles. The standard InChI is InChI=1S/C26H22Br3NO6/c27-16-10-12-18(13-11-16)30-26(34)36-25(20-14-17(28)15-21(29)24(20)33)22(8-4-5-9-23(31)32)35-19-6-2-1-3-7-19/h1-3,5-7,9-15,22,25,33H,4,8H2,(H,30,34)(H,31,32)/b9-5+/t22-,25-/m1/s1. The van der Waals surface area contributed by atoms with Crippen LogP contribution < -0.4 is 10.1 Å². The highest BCUT2D eigenvalue weighted by molar-refractivity contribution is 9.11. The molecule has 0 radical (unpaired) electrons. The highest BCUT2D eigenvalue weighted by Gasteiger charge is 2.32. The minimum Gasteiger partial charge on any atom is -0.506 e. The predicted octanol–water partition coefficient (Wildman–Crippen LogP) is 7.84. The zero-order chi connectivity index (χ0) is 26.1. The first-order valence-electron chi connectivity index (χ1n) is 10.7. The first kappa shape index (κ1) is 27.8. The van der Waals surface area contributed by atoms with Gasteiger partial charge in [-0.2, -0.15) is 0 Å². The van der Waals surface area contributed by atoms with Crippen molar-refractivity contribution in [3.8, 4) is 11.5 Å². The number of aromatic hydroxyl groups is 1. The summed E-state index contributed by atoms with van der Waals surface area (Å²) in [7, 11) is 0. The molecule has 0 saturated carbocycles. The van der Waals surface area contributed by atoms with Crippen LogP contribution in [0.1, 0.15) is 24.5 Å². The third kappa shape index (κ3) is 8.39. The van der Waals surface area contributed by atoms with Crippen LogP contribution in [0.2, 0.25) is 0 Å². The van der Waals surface area contributed by atoms with Gasteiger partial charge in [-0.25, -0.2) is 9.59 Å². The lowest BCUT2D eigenvalue weighted by Gasteiger charge is -2.29. The molecule has 0 spiro atoms. The van der Waals surface area contributed by atoms with Crippen LogP contribution >= 0.6 is 47.8 Å². The van der Waals surface area contributed by atoms with Crippen LogP contribution in [-0.2, 0) is 9.53 Å². The molecule has 0 aliphatic heterocycles. The molecular formula is C26H22Br3NO6. The van der Waals surface area contributed by atoms with E-state index in [2.05, 4.69) is 53.1 Å². The van der Waals surface area contributed by atoms with Gasteiger partial charge in [-0.1, -0.05) is 56.1 Å². The normalized spacial score (nSPS) is 12.6. The highest BCUT2D eigenvalue weighted by Crippen LogP contribution is 2.40. The monoisotopic (exact) mass is 681 g/mol. The fourth-order valence-corrected chi connectivity index (χ4v) is 4.85. The molecule has 0 aliphatic rings. The number of carbonyl (C=O) groups excluding carboxylic acids is 1. The van der Waals surface area contributed by atoms with E-state index in [-0.39, 0.29) is 5.75 Å². The molecule has 2 atom stereocenters. The molecule has 0 bridgehead atoms. The summed E-state index contributed by atoms with van der Waals surface area (Å²) in [4.78, 5) is 23.8. The van der Waals surface area contributed by atoms with Crippen LogP contribution in [0.25, 0.3) is 0 Å². The molecule has 0 fully saturated rings. The Balaban J connectivity index is 1.96. The van der Waals surface area contributed by atoms with Crippen LogP contribution in [0.3, 0.4) is 0 Å². The van der Waals surface area contributed by atoms with Gasteiger partial charge in [0.2, 0.25) is 0 Å². The summed E-state index contributed by atoms with van der Waals surface area (Å²) in [5.41, 5.74) is 0.830. The second-order valence-electron chi connectivity index (χ2n) is 7.57. The summed E-state index contributed by atoms with van der Waals surface area (Å²) in [5, 5.41) is 22.5. The second kappa shape index (κ2) is 13.5. The van der Waals surface area contributed by atoms with Crippen molar-refractivity contribution >= 4 is 65.5 Å². The number of para-hydroxylation sites is 1. The number of carboxylic acid groups (broad SMARTS) is 1. The molecule has 188 valence electrons. The molecule has 1 amide bonds. The van der Waals surface area contributed by atoms with Crippen molar-refractivity contribution in [2.45, 2.75) is 25.0 Å². The Morgan fingerprint density at radius 3 is 2.33 bits per heavy atom. The van der Waals surface area contributed by atoms with Crippen molar-refractivity contribution in [3.63, 3.8) is 0 Å². The van der Waals surface area contributed by atoms with Crippen molar-refractivity contribution in [2.75, 3.05) is 5.32 Å². The molecule has 3 aromatic carbocycles. The summed E-state index contributed by atoms with van der Waals surface area (Å²) in [6, 6.07) is 19.3. The molecule has 0 saturated heterocycles. The number of nitrogens with one attached hydrogen (secondary N) is 1. The molecule has 3 N–H and O–H groups in total. The van der Waals surface area contributed by atoms with Crippen LogP contribution in [0.15, 0.2) is 92.3 Å². The van der Waals surface area contributed by atoms with Crippen LogP contribution in [0, 0.1) is 0 Å². The van der Waals surface area contributed by atoms with Crippen LogP contribution in [0.4, 0.5) is 10.5 Å². The Kier molecular flexibility index (Phi) is 10.4. The summed E-state index contributed by atoms with van der Waals surface area (Å²) >= 11 is 10.1. The second-order valence-corrected chi connectivity index (χ2v) is 10.3. The van der Waals surface area contributed by atoms with E-state index in [1.807, 2.05) is 6.07 Å². The summed E-state index contributed by atoms with van der Waals surface area (Å²) in [6.07, 6.45) is 0.594. The average molecular weight is 684 g/mol. The number of benzene rings is 3. The van der Waals surface area contributed by atoms with E-state index in [9.17, 15) is 14.7 Å². The number of anilines is 1. The molecule has 3 rings (SSSR count). The van der Waals surface area contributed by atoms with Crippen LogP contribution in [-0.4, -0.2) is 28.4 Å². The van der Waals surface area contributed by atoms with E-state index >= 15 is 0 Å². The smallest absolute Gasteiger partial charge is 0.412 e. The van der Waals surface area contributed by atoms with Gasteiger partial charge in [0.15, 0.2) is 6.10 Å². The van der Waals surface area contributed by atoms with E-state index < -0.39 is 24.3 Å². The number of phenolic OH excluding ortho intramolecular Hbond substituents is 1. The largest absolute Gasteiger partial charge is 0.506 e. The molecule has 0 unspecified atom stereocenters. The highest BCUT2D eigenvalue weighted by atomic mass is 79.9. The van der Waals surface area contributed by atoms with Gasteiger partial charge in [-0.3, -0.25) is 5.32 Å². The van der Waals surface area contributed by atoms with Gasteiger partial charge in [-0.05, 0) is 77.3 Å². The van der Waals surface area contributed by atoms with Crippen molar-refractivity contribution in [1.82, 2.24) is 0 Å². The molecule has 7 nitrogen and oxygen atoms in total. The Morgan fingerprint density at radius 1 is 0.972 bits per heavy atom. The third-order valence-corrected chi connectivity index (χ3v) is 6.53. The van der Waals surface area contributed by atoms with Crippen molar-refractivity contribution in [2.24, 2.45) is 0 Å². The third-order valence-electron chi connectivity index (χ3n) is 4.94. The van der Waals surface area contributed by atoms with Gasteiger partial charge >= 0.3 is 12.1 Å². The first-order valence-corrected chi connectivity index (χ1v) is 13.1. The Hall–Kier alpha value is -2.82. The van der Waals surface area contributed by atoms with Gasteiger partial charge in [0.25, 0.3) is 0 Å². The number of rotatable bonds is 10. The lowest BCUT2D eigenvalue weighted by molar-refractivity contribution is -0.131. The fourth-order valence-electron chi connectivity index (χ4n) is 3.33. The maximum Gasteiger partial charge on any atom is 0.412 e. The molecule has 0 heterocycles. The number of hydrogen-bond acceptors (Lipinski definition) is 5. The Bertz CT molecular complexity index is 1220. The number of phenols is 1. The molecule has 10 heteroatoms. The first-order chi connectivity index (χ1) is 17.2. The van der Waals surface area contributed by atoms with Crippen LogP contribution in [0.5, 0.6) is 11.5 Å². The minimum atomic E-state index is -1.06. The van der Waals surface area contributed by atoms with E-state index in [0.717, 1.165) is 10.5 Å². The molecular weight excluding hydrogens is 662 g/mol. The van der Waals surface area contributed by atoms with Gasteiger partial charge in [0.05, 0.1) is 4.47 Å². The lowest BCUT2D eigenvalue weighted by Crippen LogP contribution is -2.31. The van der Waals surface area contributed by atoms with Gasteiger partial charge in [-0.15, -0.1) is 0 Å². The zero-order valence-electron chi connectivity index (χ0n) is 18.7. The van der Waals surface area contributed by atoms with E-state index in [1.165, 1.54) is 6.08 Å². The Labute approximate surface area is 233 Å². The number of carbonyl (C=O) groups is 2. The molecule has 0 aliphatic carbocycles. The van der Waals surface area contributed by atoms with Crippen molar-refractivity contribution in [3.05, 3.63) is 97.9 Å². The summed E-state index contributed by atoms with van der Waals surface area (Å²) < 4.78 is 14.0. The van der Waals surface area contributed by atoms with Gasteiger partial charge < -0.3 is 19.7 Å². The minimum absolute atomic E-state index is 0.109. The van der Waals surface area contributed by atoms with E-state index in [4.69, 9.17) is 14.6 Å². The molecule has 36 heavy (non-hydrogen) atoms. The lowest BCUT2D eigenvalue weighted by atomic mass is 9.99. The average Bonchev–Trinajstić information content (AvgIpc) is 2.84. The Morgan fingerprint density at radius 2 is 1.67 bits per heavy atom. The van der Waals surface area contributed by atoms with Crippen molar-refractivity contribution in [1.29, 1.82) is 0 Å². The van der Waals surface area contributed by atoms with E-state index in [1.54, 1.807) is 60.7 Å². The topological polar surface area (TPSA) is 105 Å². The number of ether oxygens (including phenoxy) is 2. The van der Waals surface area contributed by atoms with Crippen molar-refractivity contribution < 1.29 is 29.3 Å². The SMILES string of the molecule is O=C(O)/C=C/CC[C@@H](Oc1ccccc1)[C@H](OC(=O)Nc1ccc(Br)cc1)c1cc(Br)cc(Br)c1O. The maximum atomic E-state index is 12.9. The molecule has 3 aromatic rings. The summed E-state index contributed by atoms with van der Waals surface area (Å²) in [5.74, 6) is -0.645. The summed E-state index contributed by atoms with van der Waals surface area (Å²) in [6.45, 7) is 0. The zero-order valence-corrected chi connectivity index (χ0v) is 23.5. The number of amides is 1. The maximum absolute atomic E-state index is 12.9. The number of carboxylic acids is 1.